The number of carbonyl (C=O) groups excluding carboxylic acids is 4. The van der Waals surface area contributed by atoms with Crippen LogP contribution in [0, 0.1) is 0 Å². The number of ketones is 1. The number of nitrogens with zero attached hydrogens (tertiary/aromatic N) is 5. The molecule has 53 heavy (non-hydrogen) atoms. The van der Waals surface area contributed by atoms with E-state index >= 15 is 0 Å². The third-order valence-electron chi connectivity index (χ3n) is 7.88. The summed E-state index contributed by atoms with van der Waals surface area (Å²) in [5, 5.41) is 11.6. The Morgan fingerprint density at radius 2 is 1.68 bits per heavy atom. The number of alkyl halides is 3. The van der Waals surface area contributed by atoms with Gasteiger partial charge in [0.25, 0.3) is 11.8 Å². The maximum absolute atomic E-state index is 13.0. The summed E-state index contributed by atoms with van der Waals surface area (Å²) in [6, 6.07) is 11.2. The summed E-state index contributed by atoms with van der Waals surface area (Å²) in [4.78, 5) is 66.3. The van der Waals surface area contributed by atoms with Crippen molar-refractivity contribution >= 4 is 52.8 Å². The Balaban J connectivity index is 0.00000627. The predicted molar refractivity (Wildman–Crippen MR) is 187 cm³/mol. The average Bonchev–Trinajstić information content (AvgIpc) is 3.78. The number of aromatic nitrogens is 5. The van der Waals surface area contributed by atoms with Crippen molar-refractivity contribution in [2.45, 2.75) is 50.9 Å². The van der Waals surface area contributed by atoms with Crippen LogP contribution in [0.4, 0.5) is 30.8 Å². The smallest absolute Gasteiger partial charge is 0.422 e. The van der Waals surface area contributed by atoms with Crippen molar-refractivity contribution in [3.05, 3.63) is 82.9 Å². The molecule has 0 bridgehead atoms. The topological polar surface area (TPSA) is 191 Å². The molecule has 4 aromatic rings. The molecule has 4 N–H and O–H groups in total. The molecule has 2 aromatic carbocycles. The maximum Gasteiger partial charge on any atom is 0.422 e. The van der Waals surface area contributed by atoms with Gasteiger partial charge in [-0.3, -0.25) is 14.4 Å². The molecule has 19 heteroatoms. The number of carbonyl (C=O) groups is 4. The minimum Gasteiger partial charge on any atom is -0.467 e. The minimum absolute atomic E-state index is 0. The van der Waals surface area contributed by atoms with Crippen LogP contribution in [0.25, 0.3) is 0 Å². The van der Waals surface area contributed by atoms with Crippen LogP contribution in [0.15, 0.2) is 60.9 Å². The zero-order chi connectivity index (χ0) is 37.5. The highest BCUT2D eigenvalue weighted by Crippen LogP contribution is 2.48. The third-order valence-corrected chi connectivity index (χ3v) is 8.14. The van der Waals surface area contributed by atoms with E-state index in [2.05, 4.69) is 41.2 Å². The highest BCUT2D eigenvalue weighted by atomic mass is 35.5. The first-order valence-corrected chi connectivity index (χ1v) is 16.1. The number of hydrogen-bond donors (Lipinski definition) is 4. The fourth-order valence-electron chi connectivity index (χ4n) is 4.96. The molecule has 0 spiro atoms. The molecule has 5 rings (SSSR count). The molecule has 1 saturated carbocycles. The number of nitrogens with one attached hydrogen (secondary N) is 4. The SMILES string of the molecule is C.COC(=O)[C@H](CCNC(=O)C(=O)Cc1nccn1C)NC(=O)c1ccc(Nc2nc(NC3(c4ccc(Cl)cc4)CC3)nc(OCC(F)(F)F)n2)cc1. The summed E-state index contributed by atoms with van der Waals surface area (Å²) in [5.74, 6) is -2.76. The number of hydrogen-bond acceptors (Lipinski definition) is 12. The summed E-state index contributed by atoms with van der Waals surface area (Å²) in [7, 11) is 2.83. The van der Waals surface area contributed by atoms with Crippen molar-refractivity contribution in [1.82, 2.24) is 35.1 Å². The number of esters is 1. The van der Waals surface area contributed by atoms with E-state index < -0.39 is 53.9 Å². The molecule has 1 fully saturated rings. The lowest BCUT2D eigenvalue weighted by Crippen LogP contribution is -2.44. The summed E-state index contributed by atoms with van der Waals surface area (Å²) >= 11 is 6.02. The number of ether oxygens (including phenoxy) is 2. The second-order valence-corrected chi connectivity index (χ2v) is 12.2. The average molecular weight is 760 g/mol. The van der Waals surface area contributed by atoms with E-state index in [-0.39, 0.29) is 44.3 Å². The summed E-state index contributed by atoms with van der Waals surface area (Å²) in [5.41, 5.74) is 0.838. The second kappa shape index (κ2) is 17.2. The summed E-state index contributed by atoms with van der Waals surface area (Å²) in [6.07, 6.45) is -0.353. The highest BCUT2D eigenvalue weighted by Gasteiger charge is 2.45. The van der Waals surface area contributed by atoms with Crippen LogP contribution in [-0.2, 0) is 38.1 Å². The zero-order valence-corrected chi connectivity index (χ0v) is 28.5. The second-order valence-electron chi connectivity index (χ2n) is 11.7. The maximum atomic E-state index is 13.0. The van der Waals surface area contributed by atoms with Crippen molar-refractivity contribution < 1.29 is 41.8 Å². The number of aryl methyl sites for hydroxylation is 1. The molecular formula is C34H37ClF3N9O6. The van der Waals surface area contributed by atoms with Crippen LogP contribution < -0.4 is 26.0 Å². The zero-order valence-electron chi connectivity index (χ0n) is 27.8. The molecule has 1 atom stereocenters. The van der Waals surface area contributed by atoms with E-state index in [9.17, 15) is 32.3 Å². The van der Waals surface area contributed by atoms with Gasteiger partial charge in [-0.1, -0.05) is 31.2 Å². The summed E-state index contributed by atoms with van der Waals surface area (Å²) < 4.78 is 50.0. The van der Waals surface area contributed by atoms with Crippen molar-refractivity contribution in [3.8, 4) is 6.01 Å². The van der Waals surface area contributed by atoms with Gasteiger partial charge in [0, 0.05) is 42.3 Å². The Labute approximate surface area is 307 Å². The summed E-state index contributed by atoms with van der Waals surface area (Å²) in [6.45, 7) is -1.74. The van der Waals surface area contributed by atoms with Crippen molar-refractivity contribution in [3.63, 3.8) is 0 Å². The molecule has 2 amide bonds. The van der Waals surface area contributed by atoms with Gasteiger partial charge in [-0.15, -0.1) is 0 Å². The molecule has 282 valence electrons. The molecule has 1 aliphatic rings. The van der Waals surface area contributed by atoms with Crippen molar-refractivity contribution in [1.29, 1.82) is 0 Å². The number of halogens is 4. The van der Waals surface area contributed by atoms with E-state index in [0.29, 0.717) is 29.4 Å². The van der Waals surface area contributed by atoms with Crippen molar-refractivity contribution in [2.24, 2.45) is 7.05 Å². The number of Topliss-reactive ketones (excluding diaryl/α,β-unsaturated/α-hetero) is 1. The number of methoxy groups -OCH3 is 1. The first-order valence-electron chi connectivity index (χ1n) is 15.8. The van der Waals surface area contributed by atoms with Crippen LogP contribution in [0.2, 0.25) is 5.02 Å². The Bertz CT molecular complexity index is 1920. The van der Waals surface area contributed by atoms with Crippen LogP contribution in [0.5, 0.6) is 6.01 Å². The number of amides is 2. The Morgan fingerprint density at radius 1 is 1.00 bits per heavy atom. The molecule has 2 aromatic heterocycles. The first-order chi connectivity index (χ1) is 24.7. The highest BCUT2D eigenvalue weighted by molar-refractivity contribution is 6.36. The number of benzene rings is 2. The molecule has 0 saturated heterocycles. The lowest BCUT2D eigenvalue weighted by atomic mass is 10.1. The minimum atomic E-state index is -4.63. The molecule has 0 aliphatic heterocycles. The van der Waals surface area contributed by atoms with Gasteiger partial charge in [0.2, 0.25) is 17.7 Å². The Morgan fingerprint density at radius 3 is 2.28 bits per heavy atom. The number of anilines is 3. The van der Waals surface area contributed by atoms with E-state index in [1.54, 1.807) is 29.9 Å². The molecular weight excluding hydrogens is 723 g/mol. The predicted octanol–water partition coefficient (Wildman–Crippen LogP) is 4.27. The molecule has 0 unspecified atom stereocenters. The molecule has 0 radical (unpaired) electrons. The van der Waals surface area contributed by atoms with Crippen LogP contribution in [0.1, 0.15) is 48.4 Å². The Hall–Kier alpha value is -5.78. The normalized spacial score (nSPS) is 13.5. The fourth-order valence-corrected chi connectivity index (χ4v) is 5.09. The van der Waals surface area contributed by atoms with Crippen LogP contribution >= 0.6 is 11.6 Å². The van der Waals surface area contributed by atoms with E-state index in [4.69, 9.17) is 21.1 Å². The third kappa shape index (κ3) is 11.1. The van der Waals surface area contributed by atoms with Gasteiger partial charge < -0.3 is 35.3 Å². The number of imidazole rings is 1. The van der Waals surface area contributed by atoms with Gasteiger partial charge in [-0.2, -0.15) is 28.1 Å². The van der Waals surface area contributed by atoms with Gasteiger partial charge in [0.1, 0.15) is 11.9 Å². The molecule has 2 heterocycles. The quantitative estimate of drug-likeness (QED) is 0.0939. The Kier molecular flexibility index (Phi) is 12.9. The monoisotopic (exact) mass is 759 g/mol. The lowest BCUT2D eigenvalue weighted by molar-refractivity contribution is -0.154. The van der Waals surface area contributed by atoms with E-state index in [1.807, 2.05) is 12.1 Å². The first kappa shape index (κ1) is 40.0. The van der Waals surface area contributed by atoms with E-state index in [1.165, 1.54) is 30.5 Å². The largest absolute Gasteiger partial charge is 0.467 e. The lowest BCUT2D eigenvalue weighted by Gasteiger charge is -2.19. The molecule has 15 nitrogen and oxygen atoms in total. The van der Waals surface area contributed by atoms with Gasteiger partial charge in [-0.05, 0) is 61.2 Å². The van der Waals surface area contributed by atoms with Crippen LogP contribution in [-0.4, -0.2) is 80.5 Å². The van der Waals surface area contributed by atoms with Gasteiger partial charge in [0.15, 0.2) is 6.61 Å². The van der Waals surface area contributed by atoms with Crippen molar-refractivity contribution in [2.75, 3.05) is 30.9 Å². The van der Waals surface area contributed by atoms with E-state index in [0.717, 1.165) is 12.7 Å². The fraction of sp³-hybridized carbons (Fsp3) is 0.353. The van der Waals surface area contributed by atoms with Gasteiger partial charge >= 0.3 is 18.2 Å². The van der Waals surface area contributed by atoms with Gasteiger partial charge in [0.05, 0.1) is 19.1 Å². The van der Waals surface area contributed by atoms with Crippen LogP contribution in [0.3, 0.4) is 0 Å². The molecule has 1 aliphatic carbocycles. The standard InChI is InChI=1S/C33H33ClF3N9O6.CH4/c1-46-16-15-38-25(46)17-24(47)27(49)39-14-11-23(28(50)51-2)41-26(48)19-3-9-22(10-4-19)40-29-42-30(44-31(43-29)52-18-33(35,36)37)45-32(12-13-32)20-5-7-21(34)8-6-20;/h3-10,15-16,23H,11-14,17-18H2,1-2H3,(H,39,49)(H,41,48)(H2,40,42,43,44,45);1H4/t23-;/m0./s1. The van der Waals surface area contributed by atoms with Gasteiger partial charge in [-0.25, -0.2) is 9.78 Å². The number of rotatable bonds is 16.